The number of para-hydroxylation sites is 1. The molecule has 32 heavy (non-hydrogen) atoms. The predicted molar refractivity (Wildman–Crippen MR) is 127 cm³/mol. The minimum absolute atomic E-state index is 0.103. The summed E-state index contributed by atoms with van der Waals surface area (Å²) in [5.41, 5.74) is 2.17. The van der Waals surface area contributed by atoms with Gasteiger partial charge in [0.25, 0.3) is 0 Å². The van der Waals surface area contributed by atoms with Gasteiger partial charge in [0.2, 0.25) is 11.8 Å². The van der Waals surface area contributed by atoms with E-state index in [-0.39, 0.29) is 17.6 Å². The van der Waals surface area contributed by atoms with E-state index in [4.69, 9.17) is 0 Å². The van der Waals surface area contributed by atoms with Crippen LogP contribution in [0.25, 0.3) is 10.2 Å². The Morgan fingerprint density at radius 1 is 1.00 bits per heavy atom. The van der Waals surface area contributed by atoms with Gasteiger partial charge in [-0.25, -0.2) is 4.98 Å². The zero-order chi connectivity index (χ0) is 22.5. The van der Waals surface area contributed by atoms with Crippen LogP contribution in [0.4, 0.5) is 11.4 Å². The van der Waals surface area contributed by atoms with Crippen LogP contribution in [-0.4, -0.2) is 33.6 Å². The number of nitrogens with one attached hydrogen (secondary N) is 2. The first-order valence-corrected chi connectivity index (χ1v) is 12.2. The SMILES string of the molecule is O=C(CSc1nc2ccc(NC(=O)[C@H]3CCCC[C@@H]3C(=O)O)cc2s1)Nc1ccccc1. The number of carboxylic acid groups (broad SMARTS) is 1. The van der Waals surface area contributed by atoms with E-state index in [2.05, 4.69) is 15.6 Å². The van der Waals surface area contributed by atoms with Gasteiger partial charge in [-0.15, -0.1) is 11.3 Å². The van der Waals surface area contributed by atoms with Crippen LogP contribution in [0.15, 0.2) is 52.9 Å². The van der Waals surface area contributed by atoms with E-state index in [1.165, 1.54) is 23.1 Å². The number of benzene rings is 2. The lowest BCUT2D eigenvalue weighted by atomic mass is 9.78. The van der Waals surface area contributed by atoms with Crippen molar-refractivity contribution < 1.29 is 19.5 Å². The number of carbonyl (C=O) groups excluding carboxylic acids is 2. The number of aromatic nitrogens is 1. The summed E-state index contributed by atoms with van der Waals surface area (Å²) in [4.78, 5) is 40.9. The Hall–Kier alpha value is -2.91. The zero-order valence-electron chi connectivity index (χ0n) is 17.2. The number of carboxylic acids is 1. The molecule has 166 valence electrons. The van der Waals surface area contributed by atoms with E-state index >= 15 is 0 Å². The molecule has 2 aromatic carbocycles. The van der Waals surface area contributed by atoms with Crippen molar-refractivity contribution in [3.05, 3.63) is 48.5 Å². The summed E-state index contributed by atoms with van der Waals surface area (Å²) in [5.74, 6) is -2.13. The lowest BCUT2D eigenvalue weighted by Gasteiger charge is -2.27. The van der Waals surface area contributed by atoms with Crippen molar-refractivity contribution in [3.8, 4) is 0 Å². The normalized spacial score (nSPS) is 18.2. The zero-order valence-corrected chi connectivity index (χ0v) is 18.9. The number of nitrogens with zero attached hydrogens (tertiary/aromatic N) is 1. The summed E-state index contributed by atoms with van der Waals surface area (Å²) in [6.45, 7) is 0. The van der Waals surface area contributed by atoms with Gasteiger partial charge in [0.05, 0.1) is 27.8 Å². The molecule has 4 rings (SSSR count). The van der Waals surface area contributed by atoms with Gasteiger partial charge in [-0.3, -0.25) is 14.4 Å². The molecule has 3 N–H and O–H groups in total. The maximum Gasteiger partial charge on any atom is 0.307 e. The summed E-state index contributed by atoms with van der Waals surface area (Å²) < 4.78 is 1.66. The van der Waals surface area contributed by atoms with Crippen LogP contribution < -0.4 is 10.6 Å². The Morgan fingerprint density at radius 2 is 1.75 bits per heavy atom. The lowest BCUT2D eigenvalue weighted by Crippen LogP contribution is -2.36. The van der Waals surface area contributed by atoms with Crippen molar-refractivity contribution in [2.45, 2.75) is 30.0 Å². The fourth-order valence-corrected chi connectivity index (χ4v) is 5.77. The quantitative estimate of drug-likeness (QED) is 0.427. The van der Waals surface area contributed by atoms with Crippen LogP contribution in [0.5, 0.6) is 0 Å². The molecule has 7 nitrogen and oxygen atoms in total. The Labute approximate surface area is 193 Å². The molecule has 1 aliphatic rings. The van der Waals surface area contributed by atoms with Gasteiger partial charge in [-0.2, -0.15) is 0 Å². The second-order valence-corrected chi connectivity index (χ2v) is 9.94. The van der Waals surface area contributed by atoms with Crippen molar-refractivity contribution in [2.24, 2.45) is 11.8 Å². The van der Waals surface area contributed by atoms with Crippen molar-refractivity contribution in [1.29, 1.82) is 0 Å². The molecular weight excluding hydrogens is 446 g/mol. The monoisotopic (exact) mass is 469 g/mol. The van der Waals surface area contributed by atoms with Gasteiger partial charge in [-0.1, -0.05) is 42.8 Å². The highest BCUT2D eigenvalue weighted by molar-refractivity contribution is 8.01. The second-order valence-electron chi connectivity index (χ2n) is 7.69. The summed E-state index contributed by atoms with van der Waals surface area (Å²) in [6, 6.07) is 14.7. The highest BCUT2D eigenvalue weighted by atomic mass is 32.2. The topological polar surface area (TPSA) is 108 Å². The molecule has 0 unspecified atom stereocenters. The van der Waals surface area contributed by atoms with E-state index < -0.39 is 17.8 Å². The van der Waals surface area contributed by atoms with Crippen molar-refractivity contribution >= 4 is 62.5 Å². The summed E-state index contributed by atoms with van der Waals surface area (Å²) in [6.07, 6.45) is 2.85. The number of rotatable bonds is 7. The predicted octanol–water partition coefficient (Wildman–Crippen LogP) is 4.86. The second kappa shape index (κ2) is 10.1. The molecule has 1 aliphatic carbocycles. The number of anilines is 2. The number of hydrogen-bond acceptors (Lipinski definition) is 6. The largest absolute Gasteiger partial charge is 0.481 e. The summed E-state index contributed by atoms with van der Waals surface area (Å²) >= 11 is 2.82. The number of carbonyl (C=O) groups is 3. The summed E-state index contributed by atoms with van der Waals surface area (Å²) in [5, 5.41) is 15.2. The van der Waals surface area contributed by atoms with Gasteiger partial charge < -0.3 is 15.7 Å². The molecule has 1 fully saturated rings. The third-order valence-electron chi connectivity index (χ3n) is 5.44. The number of aliphatic carboxylic acids is 1. The van der Waals surface area contributed by atoms with E-state index in [1.807, 2.05) is 42.5 Å². The maximum absolute atomic E-state index is 12.7. The summed E-state index contributed by atoms with van der Waals surface area (Å²) in [7, 11) is 0. The van der Waals surface area contributed by atoms with Gasteiger partial charge in [0.15, 0.2) is 4.34 Å². The number of hydrogen-bond donors (Lipinski definition) is 3. The standard InChI is InChI=1S/C23H23N3O4S2/c27-20(24-14-6-2-1-3-7-14)13-31-23-26-18-11-10-15(12-19(18)32-23)25-21(28)16-8-4-5-9-17(16)22(29)30/h1-3,6-7,10-12,16-17H,4-5,8-9,13H2,(H,24,27)(H,25,28)(H,29,30)/t16-,17-/m0/s1. The molecule has 1 heterocycles. The Kier molecular flexibility index (Phi) is 7.06. The van der Waals surface area contributed by atoms with Gasteiger partial charge in [0, 0.05) is 11.4 Å². The first-order valence-electron chi connectivity index (χ1n) is 10.4. The molecule has 0 bridgehead atoms. The minimum Gasteiger partial charge on any atom is -0.481 e. The Morgan fingerprint density at radius 3 is 2.50 bits per heavy atom. The molecule has 0 saturated heterocycles. The highest BCUT2D eigenvalue weighted by Crippen LogP contribution is 2.33. The van der Waals surface area contributed by atoms with Crippen molar-refractivity contribution in [3.63, 3.8) is 0 Å². The third kappa shape index (κ3) is 5.46. The Balaban J connectivity index is 1.37. The average Bonchev–Trinajstić information content (AvgIpc) is 3.20. The molecule has 2 amide bonds. The molecule has 1 saturated carbocycles. The van der Waals surface area contributed by atoms with Crippen LogP contribution in [0.1, 0.15) is 25.7 Å². The molecule has 0 aliphatic heterocycles. The van der Waals surface area contributed by atoms with Crippen LogP contribution in [-0.2, 0) is 14.4 Å². The van der Waals surface area contributed by atoms with E-state index in [0.717, 1.165) is 33.1 Å². The van der Waals surface area contributed by atoms with E-state index in [1.54, 1.807) is 6.07 Å². The molecule has 0 spiro atoms. The van der Waals surface area contributed by atoms with Gasteiger partial charge in [0.1, 0.15) is 0 Å². The number of thiazole rings is 1. The first-order chi connectivity index (χ1) is 15.5. The minimum atomic E-state index is -0.902. The fraction of sp³-hybridized carbons (Fsp3) is 0.304. The van der Waals surface area contributed by atoms with Gasteiger partial charge in [-0.05, 0) is 43.2 Å². The van der Waals surface area contributed by atoms with Crippen LogP contribution in [0.2, 0.25) is 0 Å². The third-order valence-corrected chi connectivity index (χ3v) is 7.60. The fourth-order valence-electron chi connectivity index (χ4n) is 3.86. The molecule has 9 heteroatoms. The molecular formula is C23H23N3O4S2. The van der Waals surface area contributed by atoms with Crippen molar-refractivity contribution in [2.75, 3.05) is 16.4 Å². The highest BCUT2D eigenvalue weighted by Gasteiger charge is 2.35. The molecule has 2 atom stereocenters. The van der Waals surface area contributed by atoms with Crippen molar-refractivity contribution in [1.82, 2.24) is 4.98 Å². The number of thioether (sulfide) groups is 1. The Bertz CT molecular complexity index is 1130. The number of fused-ring (bicyclic) bond motifs is 1. The number of amides is 2. The van der Waals surface area contributed by atoms with Crippen LogP contribution >= 0.6 is 23.1 Å². The van der Waals surface area contributed by atoms with Gasteiger partial charge >= 0.3 is 5.97 Å². The molecule has 0 radical (unpaired) electrons. The molecule has 3 aromatic rings. The van der Waals surface area contributed by atoms with E-state index in [0.29, 0.717) is 18.5 Å². The average molecular weight is 470 g/mol. The van der Waals surface area contributed by atoms with Crippen LogP contribution in [0.3, 0.4) is 0 Å². The maximum atomic E-state index is 12.7. The smallest absolute Gasteiger partial charge is 0.307 e. The lowest BCUT2D eigenvalue weighted by molar-refractivity contribution is -0.147. The first kappa shape index (κ1) is 22.3. The van der Waals surface area contributed by atoms with E-state index in [9.17, 15) is 19.5 Å². The van der Waals surface area contributed by atoms with Crippen LogP contribution in [0, 0.1) is 11.8 Å². The molecule has 1 aromatic heterocycles.